The maximum Gasteiger partial charge on any atom is 0.245 e. The highest BCUT2D eigenvalue weighted by Gasteiger charge is 2.08. The SMILES string of the molecule is Cc1cc(NC(=O)CNC(=O)CCc2ccc(F)cc2)no1. The Labute approximate surface area is 126 Å². The number of aromatic nitrogens is 1. The van der Waals surface area contributed by atoms with Crippen molar-refractivity contribution >= 4 is 17.6 Å². The van der Waals surface area contributed by atoms with Crippen LogP contribution in [-0.4, -0.2) is 23.5 Å². The molecule has 0 unspecified atom stereocenters. The van der Waals surface area contributed by atoms with Gasteiger partial charge in [0.05, 0.1) is 6.54 Å². The third-order valence-corrected chi connectivity index (χ3v) is 2.90. The van der Waals surface area contributed by atoms with Crippen LogP contribution in [0.2, 0.25) is 0 Å². The number of hydrogen-bond acceptors (Lipinski definition) is 4. The number of carbonyl (C=O) groups is 2. The fourth-order valence-corrected chi connectivity index (χ4v) is 1.79. The molecule has 7 heteroatoms. The van der Waals surface area contributed by atoms with Gasteiger partial charge in [-0.3, -0.25) is 9.59 Å². The van der Waals surface area contributed by atoms with Crippen molar-refractivity contribution in [3.05, 3.63) is 47.5 Å². The quantitative estimate of drug-likeness (QED) is 0.852. The molecule has 0 aliphatic heterocycles. The summed E-state index contributed by atoms with van der Waals surface area (Å²) in [5, 5.41) is 8.62. The van der Waals surface area contributed by atoms with Crippen LogP contribution < -0.4 is 10.6 Å². The highest BCUT2D eigenvalue weighted by atomic mass is 19.1. The van der Waals surface area contributed by atoms with Gasteiger partial charge in [-0.05, 0) is 31.0 Å². The smallest absolute Gasteiger partial charge is 0.245 e. The molecule has 0 aliphatic rings. The van der Waals surface area contributed by atoms with Gasteiger partial charge >= 0.3 is 0 Å². The van der Waals surface area contributed by atoms with Crippen molar-refractivity contribution in [2.75, 3.05) is 11.9 Å². The van der Waals surface area contributed by atoms with Gasteiger partial charge in [-0.2, -0.15) is 0 Å². The van der Waals surface area contributed by atoms with E-state index in [1.807, 2.05) is 0 Å². The van der Waals surface area contributed by atoms with Gasteiger partial charge in [0, 0.05) is 12.5 Å². The normalized spacial score (nSPS) is 10.3. The summed E-state index contributed by atoms with van der Waals surface area (Å²) in [6.45, 7) is 1.56. The minimum Gasteiger partial charge on any atom is -0.360 e. The van der Waals surface area contributed by atoms with Gasteiger partial charge in [-0.15, -0.1) is 0 Å². The number of nitrogens with zero attached hydrogens (tertiary/aromatic N) is 1. The molecule has 2 amide bonds. The summed E-state index contributed by atoms with van der Waals surface area (Å²) < 4.78 is 17.5. The lowest BCUT2D eigenvalue weighted by atomic mass is 10.1. The van der Waals surface area contributed by atoms with E-state index in [0.717, 1.165) is 5.56 Å². The third-order valence-electron chi connectivity index (χ3n) is 2.90. The molecule has 116 valence electrons. The number of aryl methyl sites for hydroxylation is 2. The van der Waals surface area contributed by atoms with E-state index in [0.29, 0.717) is 18.0 Å². The van der Waals surface area contributed by atoms with Crippen molar-refractivity contribution in [3.8, 4) is 0 Å². The van der Waals surface area contributed by atoms with E-state index in [9.17, 15) is 14.0 Å². The van der Waals surface area contributed by atoms with E-state index in [4.69, 9.17) is 4.52 Å². The highest BCUT2D eigenvalue weighted by Crippen LogP contribution is 2.07. The molecule has 0 aliphatic carbocycles. The number of nitrogens with one attached hydrogen (secondary N) is 2. The molecule has 0 saturated carbocycles. The first-order chi connectivity index (χ1) is 10.5. The molecule has 0 spiro atoms. The largest absolute Gasteiger partial charge is 0.360 e. The fourth-order valence-electron chi connectivity index (χ4n) is 1.79. The first-order valence-electron chi connectivity index (χ1n) is 6.77. The standard InChI is InChI=1S/C15H16FN3O3/c1-10-8-13(19-22-10)18-15(21)9-17-14(20)7-4-11-2-5-12(16)6-3-11/h2-3,5-6,8H,4,7,9H2,1H3,(H,17,20)(H,18,19,21). The number of halogens is 1. The van der Waals surface area contributed by atoms with Gasteiger partial charge < -0.3 is 15.2 Å². The maximum atomic E-state index is 12.7. The van der Waals surface area contributed by atoms with Gasteiger partial charge in [0.1, 0.15) is 11.6 Å². The molecule has 0 fully saturated rings. The summed E-state index contributed by atoms with van der Waals surface area (Å²) in [4.78, 5) is 23.2. The number of rotatable bonds is 6. The average Bonchev–Trinajstić information content (AvgIpc) is 2.89. The van der Waals surface area contributed by atoms with Crippen molar-refractivity contribution in [2.45, 2.75) is 19.8 Å². The Hall–Kier alpha value is -2.70. The van der Waals surface area contributed by atoms with Gasteiger partial charge in [0.25, 0.3) is 0 Å². The van der Waals surface area contributed by atoms with Crippen LogP contribution in [0.15, 0.2) is 34.9 Å². The predicted octanol–water partition coefficient (Wildman–Crippen LogP) is 1.81. The predicted molar refractivity (Wildman–Crippen MR) is 77.6 cm³/mol. The van der Waals surface area contributed by atoms with Crippen LogP contribution in [-0.2, 0) is 16.0 Å². The van der Waals surface area contributed by atoms with Crippen LogP contribution in [0.3, 0.4) is 0 Å². The molecule has 22 heavy (non-hydrogen) atoms. The molecule has 2 N–H and O–H groups in total. The van der Waals surface area contributed by atoms with Crippen LogP contribution in [0.25, 0.3) is 0 Å². The second-order valence-corrected chi connectivity index (χ2v) is 4.77. The molecule has 0 saturated heterocycles. The van der Waals surface area contributed by atoms with Crippen molar-refractivity contribution in [3.63, 3.8) is 0 Å². The molecule has 0 atom stereocenters. The number of carbonyl (C=O) groups excluding carboxylic acids is 2. The molecule has 1 aromatic heterocycles. The van der Waals surface area contributed by atoms with Gasteiger partial charge in [0.15, 0.2) is 5.82 Å². The minimum absolute atomic E-state index is 0.145. The van der Waals surface area contributed by atoms with E-state index in [1.54, 1.807) is 25.1 Å². The lowest BCUT2D eigenvalue weighted by Crippen LogP contribution is -2.33. The van der Waals surface area contributed by atoms with Crippen LogP contribution in [0.5, 0.6) is 0 Å². The fraction of sp³-hybridized carbons (Fsp3) is 0.267. The molecule has 1 aromatic carbocycles. The summed E-state index contributed by atoms with van der Waals surface area (Å²) in [5.41, 5.74) is 0.860. The van der Waals surface area contributed by atoms with Crippen LogP contribution in [0, 0.1) is 12.7 Å². The van der Waals surface area contributed by atoms with Crippen LogP contribution in [0.4, 0.5) is 10.2 Å². The second-order valence-electron chi connectivity index (χ2n) is 4.77. The van der Waals surface area contributed by atoms with E-state index in [2.05, 4.69) is 15.8 Å². The third kappa shape index (κ3) is 5.01. The summed E-state index contributed by atoms with van der Waals surface area (Å²) in [5.74, 6) is -0.0612. The Morgan fingerprint density at radius 2 is 1.95 bits per heavy atom. The summed E-state index contributed by atoms with van der Waals surface area (Å²) in [7, 11) is 0. The Morgan fingerprint density at radius 3 is 2.59 bits per heavy atom. The minimum atomic E-state index is -0.386. The van der Waals surface area contributed by atoms with Gasteiger partial charge in [-0.1, -0.05) is 17.3 Å². The average molecular weight is 305 g/mol. The maximum absolute atomic E-state index is 12.7. The summed E-state index contributed by atoms with van der Waals surface area (Å²) in [6, 6.07) is 7.53. The molecule has 6 nitrogen and oxygen atoms in total. The molecule has 0 radical (unpaired) electrons. The number of benzene rings is 1. The van der Waals surface area contributed by atoms with Crippen LogP contribution >= 0.6 is 0 Å². The van der Waals surface area contributed by atoms with Crippen molar-refractivity contribution < 1.29 is 18.5 Å². The Kier molecular flexibility index (Phi) is 5.24. The van der Waals surface area contributed by atoms with Crippen molar-refractivity contribution in [1.82, 2.24) is 10.5 Å². The van der Waals surface area contributed by atoms with E-state index >= 15 is 0 Å². The van der Waals surface area contributed by atoms with Crippen LogP contribution in [0.1, 0.15) is 17.7 Å². The Balaban J connectivity index is 1.68. The molecule has 2 aromatic rings. The number of anilines is 1. The zero-order valence-electron chi connectivity index (χ0n) is 12.1. The molecular formula is C15H16FN3O3. The topological polar surface area (TPSA) is 84.2 Å². The zero-order chi connectivity index (χ0) is 15.9. The first kappa shape index (κ1) is 15.7. The lowest BCUT2D eigenvalue weighted by Gasteiger charge is -2.05. The second kappa shape index (κ2) is 7.35. The molecule has 1 heterocycles. The number of amides is 2. The Morgan fingerprint density at radius 1 is 1.23 bits per heavy atom. The Bertz CT molecular complexity index is 652. The van der Waals surface area contributed by atoms with Gasteiger partial charge in [-0.25, -0.2) is 4.39 Å². The van der Waals surface area contributed by atoms with E-state index in [-0.39, 0.29) is 30.6 Å². The van der Waals surface area contributed by atoms with Crippen molar-refractivity contribution in [2.24, 2.45) is 0 Å². The highest BCUT2D eigenvalue weighted by molar-refractivity contribution is 5.93. The molecule has 2 rings (SSSR count). The van der Waals surface area contributed by atoms with E-state index < -0.39 is 0 Å². The summed E-state index contributed by atoms with van der Waals surface area (Å²) in [6.07, 6.45) is 0.707. The zero-order valence-corrected chi connectivity index (χ0v) is 12.1. The molecule has 0 bridgehead atoms. The monoisotopic (exact) mass is 305 g/mol. The van der Waals surface area contributed by atoms with Crippen molar-refractivity contribution in [1.29, 1.82) is 0 Å². The molecular weight excluding hydrogens is 289 g/mol. The lowest BCUT2D eigenvalue weighted by molar-refractivity contribution is -0.124. The summed E-state index contributed by atoms with van der Waals surface area (Å²) >= 11 is 0. The first-order valence-corrected chi connectivity index (χ1v) is 6.77. The number of hydrogen-bond donors (Lipinski definition) is 2. The van der Waals surface area contributed by atoms with Gasteiger partial charge in [0.2, 0.25) is 11.8 Å². The van der Waals surface area contributed by atoms with E-state index in [1.165, 1.54) is 12.1 Å².